The lowest BCUT2D eigenvalue weighted by Crippen LogP contribution is -2.42. The third-order valence-corrected chi connectivity index (χ3v) is 6.15. The predicted octanol–water partition coefficient (Wildman–Crippen LogP) is 3.30. The molecule has 2 aliphatic heterocycles. The maximum absolute atomic E-state index is 13.4. The van der Waals surface area contributed by atoms with Crippen molar-refractivity contribution >= 4 is 11.9 Å². The van der Waals surface area contributed by atoms with Gasteiger partial charge in [-0.2, -0.15) is 0 Å². The number of nitrogens with one attached hydrogen (secondary N) is 1. The Morgan fingerprint density at radius 3 is 2.70 bits per heavy atom. The molecule has 6 heteroatoms. The van der Waals surface area contributed by atoms with Crippen LogP contribution in [0.4, 0.5) is 4.39 Å². The monoisotopic (exact) mass is 405 g/mol. The van der Waals surface area contributed by atoms with E-state index in [1.165, 1.54) is 24.0 Å². The highest BCUT2D eigenvalue weighted by Gasteiger charge is 2.55. The van der Waals surface area contributed by atoms with E-state index >= 15 is 0 Å². The Morgan fingerprint density at radius 2 is 1.97 bits per heavy atom. The van der Waals surface area contributed by atoms with Crippen LogP contribution in [0.3, 0.4) is 0 Å². The minimum Gasteiger partial charge on any atom is -0.458 e. The molecule has 2 aromatic rings. The van der Waals surface area contributed by atoms with Crippen molar-refractivity contribution in [3.8, 4) is 0 Å². The molecule has 1 amide bonds. The number of benzene rings is 2. The van der Waals surface area contributed by atoms with E-state index < -0.39 is 17.8 Å². The summed E-state index contributed by atoms with van der Waals surface area (Å²) in [6.45, 7) is 1.66. The van der Waals surface area contributed by atoms with Crippen LogP contribution >= 0.6 is 0 Å². The molecule has 2 heterocycles. The van der Waals surface area contributed by atoms with Crippen LogP contribution in [0.25, 0.3) is 0 Å². The summed E-state index contributed by atoms with van der Waals surface area (Å²) in [6, 6.07) is 14.4. The molecule has 0 spiro atoms. The summed E-state index contributed by atoms with van der Waals surface area (Å²) in [7, 11) is 0. The lowest BCUT2D eigenvalue weighted by molar-refractivity contribution is -0.152. The highest BCUT2D eigenvalue weighted by atomic mass is 19.1. The molecule has 0 bridgehead atoms. The number of esters is 1. The number of fused-ring (bicyclic) bond motifs is 3. The van der Waals surface area contributed by atoms with Crippen molar-refractivity contribution in [3.63, 3.8) is 0 Å². The fourth-order valence-electron chi connectivity index (χ4n) is 4.71. The molecule has 3 atom stereocenters. The smallest absolute Gasteiger partial charge is 0.336 e. The first kappa shape index (κ1) is 18.6. The summed E-state index contributed by atoms with van der Waals surface area (Å²) < 4.78 is 24.1. The van der Waals surface area contributed by atoms with Gasteiger partial charge in [0, 0.05) is 24.0 Å². The average Bonchev–Trinajstić information content (AvgIpc) is 3.30. The van der Waals surface area contributed by atoms with Crippen molar-refractivity contribution in [1.29, 1.82) is 0 Å². The van der Waals surface area contributed by atoms with E-state index in [1.54, 1.807) is 25.1 Å². The van der Waals surface area contributed by atoms with Gasteiger partial charge in [0.25, 0.3) is 12.2 Å². The lowest BCUT2D eigenvalue weighted by atomic mass is 9.79. The summed E-state index contributed by atoms with van der Waals surface area (Å²) >= 11 is 0. The molecule has 152 valence electrons. The van der Waals surface area contributed by atoms with Crippen LogP contribution in [0.5, 0.6) is 0 Å². The molecule has 3 aliphatic rings. The van der Waals surface area contributed by atoms with Crippen molar-refractivity contribution in [1.82, 2.24) is 5.32 Å². The predicted molar refractivity (Wildman–Crippen MR) is 106 cm³/mol. The highest BCUT2D eigenvalue weighted by Crippen LogP contribution is 2.50. The number of ether oxygens (including phenoxy) is 2. The number of halogens is 1. The standard InChI is InChI=1S/C24H20FNO4/c1-14-10-21(30-23(14)28)29-13-18-20-11-16-4-2-3-5-19(16)24(20,26-22(18)27)12-15-6-8-17(25)9-7-15/h2-10,13,20-21H,11-12H2,1H3,(H,26,27). The molecule has 3 unspecified atom stereocenters. The summed E-state index contributed by atoms with van der Waals surface area (Å²) in [5.41, 5.74) is 3.54. The maximum Gasteiger partial charge on any atom is 0.336 e. The van der Waals surface area contributed by atoms with Gasteiger partial charge in [-0.25, -0.2) is 9.18 Å². The Kier molecular flexibility index (Phi) is 4.24. The summed E-state index contributed by atoms with van der Waals surface area (Å²) in [5, 5.41) is 3.19. The summed E-state index contributed by atoms with van der Waals surface area (Å²) in [4.78, 5) is 24.5. The third kappa shape index (κ3) is 2.91. The fourth-order valence-corrected chi connectivity index (χ4v) is 4.71. The normalized spacial score (nSPS) is 28.1. The van der Waals surface area contributed by atoms with E-state index in [1.807, 2.05) is 18.2 Å². The van der Waals surface area contributed by atoms with Gasteiger partial charge in [-0.3, -0.25) is 4.79 Å². The van der Waals surface area contributed by atoms with Crippen molar-refractivity contribution in [2.24, 2.45) is 5.92 Å². The first-order valence-corrected chi connectivity index (χ1v) is 9.86. The van der Waals surface area contributed by atoms with Crippen LogP contribution < -0.4 is 5.32 Å². The fraction of sp³-hybridized carbons (Fsp3) is 0.250. The topological polar surface area (TPSA) is 64.6 Å². The molecule has 1 N–H and O–H groups in total. The van der Waals surface area contributed by atoms with Crippen LogP contribution in [-0.2, 0) is 37.4 Å². The third-order valence-electron chi connectivity index (χ3n) is 6.15. The minimum absolute atomic E-state index is 0.144. The van der Waals surface area contributed by atoms with E-state index in [9.17, 15) is 14.0 Å². The molecular weight excluding hydrogens is 385 g/mol. The molecule has 1 aliphatic carbocycles. The average molecular weight is 405 g/mol. The largest absolute Gasteiger partial charge is 0.458 e. The zero-order valence-corrected chi connectivity index (χ0v) is 16.4. The highest BCUT2D eigenvalue weighted by molar-refractivity contribution is 5.98. The summed E-state index contributed by atoms with van der Waals surface area (Å²) in [5.74, 6) is -1.07. The maximum atomic E-state index is 13.4. The van der Waals surface area contributed by atoms with Gasteiger partial charge in [0.2, 0.25) is 0 Å². The Bertz CT molecular complexity index is 1100. The Morgan fingerprint density at radius 1 is 1.20 bits per heavy atom. The van der Waals surface area contributed by atoms with Crippen LogP contribution in [0.2, 0.25) is 0 Å². The van der Waals surface area contributed by atoms with Gasteiger partial charge in [-0.15, -0.1) is 0 Å². The number of hydrogen-bond donors (Lipinski definition) is 1. The van der Waals surface area contributed by atoms with Gasteiger partial charge >= 0.3 is 5.97 Å². The second-order valence-corrected chi connectivity index (χ2v) is 7.98. The Balaban J connectivity index is 1.50. The van der Waals surface area contributed by atoms with Gasteiger partial charge in [0.05, 0.1) is 17.4 Å². The lowest BCUT2D eigenvalue weighted by Gasteiger charge is -2.31. The molecule has 5 nitrogen and oxygen atoms in total. The van der Waals surface area contributed by atoms with E-state index in [0.717, 1.165) is 11.1 Å². The molecule has 5 rings (SSSR count). The van der Waals surface area contributed by atoms with Crippen LogP contribution in [0.15, 0.2) is 72.0 Å². The van der Waals surface area contributed by atoms with Gasteiger partial charge in [0.1, 0.15) is 5.82 Å². The molecule has 2 aromatic carbocycles. The minimum atomic E-state index is -0.825. The van der Waals surface area contributed by atoms with Crippen molar-refractivity contribution in [3.05, 3.63) is 94.5 Å². The number of carbonyl (C=O) groups excluding carboxylic acids is 2. The van der Waals surface area contributed by atoms with Crippen molar-refractivity contribution in [2.75, 3.05) is 0 Å². The number of cyclic esters (lactones) is 1. The zero-order valence-electron chi connectivity index (χ0n) is 16.4. The number of rotatable bonds is 4. The summed E-state index contributed by atoms with van der Waals surface area (Å²) in [6.07, 6.45) is 3.40. The van der Waals surface area contributed by atoms with Gasteiger partial charge in [-0.1, -0.05) is 36.4 Å². The first-order chi connectivity index (χ1) is 14.5. The van der Waals surface area contributed by atoms with E-state index in [2.05, 4.69) is 11.4 Å². The number of hydrogen-bond acceptors (Lipinski definition) is 4. The molecule has 1 fully saturated rings. The molecular formula is C24H20FNO4. The van der Waals surface area contributed by atoms with Crippen LogP contribution in [0.1, 0.15) is 23.6 Å². The second-order valence-electron chi connectivity index (χ2n) is 7.98. The van der Waals surface area contributed by atoms with E-state index in [0.29, 0.717) is 24.0 Å². The number of amides is 1. The Hall–Kier alpha value is -3.41. The molecule has 0 radical (unpaired) electrons. The molecule has 0 saturated carbocycles. The van der Waals surface area contributed by atoms with Gasteiger partial charge < -0.3 is 14.8 Å². The molecule has 0 aromatic heterocycles. The van der Waals surface area contributed by atoms with Gasteiger partial charge in [-0.05, 0) is 42.2 Å². The quantitative estimate of drug-likeness (QED) is 0.482. The Labute approximate surface area is 173 Å². The molecule has 30 heavy (non-hydrogen) atoms. The van der Waals surface area contributed by atoms with Gasteiger partial charge in [0.15, 0.2) is 0 Å². The molecule has 1 saturated heterocycles. The zero-order chi connectivity index (χ0) is 20.9. The SMILES string of the molecule is CC1=CC(OC=C2C(=O)NC3(Cc4ccc(F)cc4)c4ccccc4CC23)OC1=O. The first-order valence-electron chi connectivity index (χ1n) is 9.86. The van der Waals surface area contributed by atoms with E-state index in [-0.39, 0.29) is 17.6 Å². The van der Waals surface area contributed by atoms with Crippen LogP contribution in [-0.4, -0.2) is 18.2 Å². The van der Waals surface area contributed by atoms with Crippen molar-refractivity contribution < 1.29 is 23.5 Å². The second kappa shape index (κ2) is 6.83. The van der Waals surface area contributed by atoms with E-state index in [4.69, 9.17) is 9.47 Å². The van der Waals surface area contributed by atoms with Crippen molar-refractivity contribution in [2.45, 2.75) is 31.6 Å². The number of carbonyl (C=O) groups is 2. The van der Waals surface area contributed by atoms with Crippen LogP contribution in [0, 0.1) is 11.7 Å².